The minimum atomic E-state index is -0.766. The number of hydrogen-bond donors (Lipinski definition) is 0. The number of imide groups is 1. The van der Waals surface area contributed by atoms with Crippen LogP contribution in [0.5, 0.6) is 0 Å². The molecule has 119 valence electrons. The van der Waals surface area contributed by atoms with E-state index in [0.717, 1.165) is 0 Å². The van der Waals surface area contributed by atoms with Crippen LogP contribution in [0.1, 0.15) is 21.0 Å². The van der Waals surface area contributed by atoms with E-state index in [9.17, 15) is 9.59 Å². The predicted molar refractivity (Wildman–Crippen MR) is 89.9 cm³/mol. The van der Waals surface area contributed by atoms with Crippen molar-refractivity contribution < 1.29 is 9.59 Å². The molecular formula is C18H10N5O2. The zero-order valence-corrected chi connectivity index (χ0v) is 12.8. The molecule has 2 amide bonds. The Balaban J connectivity index is 1.58. The third-order valence-corrected chi connectivity index (χ3v) is 3.54. The van der Waals surface area contributed by atoms with Crippen molar-refractivity contribution in [2.45, 2.75) is 0 Å². The van der Waals surface area contributed by atoms with E-state index in [1.54, 1.807) is 36.4 Å². The van der Waals surface area contributed by atoms with Gasteiger partial charge in [-0.05, 0) is 24.3 Å². The summed E-state index contributed by atoms with van der Waals surface area (Å²) >= 11 is 0. The maximum Gasteiger partial charge on any atom is 0.300 e. The van der Waals surface area contributed by atoms with Crippen molar-refractivity contribution in [2.24, 2.45) is 0 Å². The highest BCUT2D eigenvalue weighted by atomic mass is 16.2. The van der Waals surface area contributed by atoms with Crippen LogP contribution >= 0.6 is 0 Å². The molecular weight excluding hydrogens is 318 g/mol. The van der Waals surface area contributed by atoms with Gasteiger partial charge in [0.1, 0.15) is 11.4 Å². The minimum Gasteiger partial charge on any atom is -0.265 e. The molecule has 2 aromatic carbocycles. The molecule has 0 N–H and O–H groups in total. The van der Waals surface area contributed by atoms with E-state index in [4.69, 9.17) is 0 Å². The number of benzene rings is 2. The summed E-state index contributed by atoms with van der Waals surface area (Å²) in [6.45, 7) is 0. The van der Waals surface area contributed by atoms with Crippen molar-refractivity contribution in [1.29, 1.82) is 0 Å². The van der Waals surface area contributed by atoms with E-state index < -0.39 is 11.8 Å². The summed E-state index contributed by atoms with van der Waals surface area (Å²) in [5, 5.41) is 3.55. The molecule has 1 radical (unpaired) electrons. The zero-order chi connectivity index (χ0) is 17.2. The molecule has 0 saturated carbocycles. The van der Waals surface area contributed by atoms with Gasteiger partial charge >= 0.3 is 11.8 Å². The largest absolute Gasteiger partial charge is 0.300 e. The van der Waals surface area contributed by atoms with Crippen LogP contribution in [0.3, 0.4) is 0 Å². The monoisotopic (exact) mass is 328 g/mol. The van der Waals surface area contributed by atoms with Crippen LogP contribution in [0, 0.1) is 0 Å². The Morgan fingerprint density at radius 2 is 1.04 bits per heavy atom. The van der Waals surface area contributed by atoms with Gasteiger partial charge in [0.05, 0.1) is 34.5 Å². The van der Waals surface area contributed by atoms with Crippen LogP contribution in [0.2, 0.25) is 0 Å². The van der Waals surface area contributed by atoms with Gasteiger partial charge in [0, 0.05) is 0 Å². The lowest BCUT2D eigenvalue weighted by molar-refractivity contribution is 0.0837. The number of nitrogens with zero attached hydrogens (tertiary/aromatic N) is 5. The van der Waals surface area contributed by atoms with Crippen LogP contribution in [-0.4, -0.2) is 31.8 Å². The molecule has 4 aromatic rings. The standard InChI is InChI=1S/C18H10N5O2/c24-17(15-9-19-11-5-1-3-7-13(11)21-15)23-18(25)16-10-20-12-6-2-4-8-14(12)22-16/h1-10H. The third kappa shape index (κ3) is 2.90. The van der Waals surface area contributed by atoms with Gasteiger partial charge in [-0.1, -0.05) is 24.3 Å². The predicted octanol–water partition coefficient (Wildman–Crippen LogP) is 2.16. The first-order valence-corrected chi connectivity index (χ1v) is 7.45. The Hall–Kier alpha value is -3.74. The highest BCUT2D eigenvalue weighted by Crippen LogP contribution is 2.10. The normalized spacial score (nSPS) is 10.7. The number of aromatic nitrogens is 4. The van der Waals surface area contributed by atoms with Crippen LogP contribution in [-0.2, 0) is 0 Å². The van der Waals surface area contributed by atoms with E-state index in [1.807, 2.05) is 12.1 Å². The lowest BCUT2D eigenvalue weighted by Crippen LogP contribution is -2.25. The average Bonchev–Trinajstić information content (AvgIpc) is 2.67. The Morgan fingerprint density at radius 3 is 1.48 bits per heavy atom. The summed E-state index contributed by atoms with van der Waals surface area (Å²) in [5.41, 5.74) is 2.43. The molecule has 25 heavy (non-hydrogen) atoms. The smallest absolute Gasteiger partial charge is 0.265 e. The van der Waals surface area contributed by atoms with Gasteiger partial charge in [0.2, 0.25) is 0 Å². The minimum absolute atomic E-state index is 0.000739. The summed E-state index contributed by atoms with van der Waals surface area (Å²) in [5.74, 6) is -1.53. The molecule has 0 spiro atoms. The van der Waals surface area contributed by atoms with Crippen LogP contribution in [0.15, 0.2) is 60.9 Å². The van der Waals surface area contributed by atoms with Crippen molar-refractivity contribution in [3.63, 3.8) is 0 Å². The van der Waals surface area contributed by atoms with Crippen molar-refractivity contribution in [2.75, 3.05) is 0 Å². The second-order valence-electron chi connectivity index (χ2n) is 5.21. The summed E-state index contributed by atoms with van der Waals surface area (Å²) < 4.78 is 0. The second-order valence-corrected chi connectivity index (χ2v) is 5.21. The van der Waals surface area contributed by atoms with E-state index in [-0.39, 0.29) is 11.4 Å². The molecule has 2 heterocycles. The Morgan fingerprint density at radius 1 is 0.640 bits per heavy atom. The quantitative estimate of drug-likeness (QED) is 0.523. The number of carbonyl (C=O) groups excluding carboxylic acids is 2. The molecule has 2 aromatic heterocycles. The van der Waals surface area contributed by atoms with Gasteiger partial charge in [-0.3, -0.25) is 19.6 Å². The first-order chi connectivity index (χ1) is 12.2. The number of para-hydroxylation sites is 4. The SMILES string of the molecule is O=C([N]C(=O)c1cnc2ccccc2n1)c1cnc2ccccc2n1. The fourth-order valence-corrected chi connectivity index (χ4v) is 2.33. The number of rotatable bonds is 2. The second kappa shape index (κ2) is 6.04. The fraction of sp³-hybridized carbons (Fsp3) is 0. The van der Waals surface area contributed by atoms with Gasteiger partial charge in [0.25, 0.3) is 0 Å². The molecule has 0 aliphatic heterocycles. The lowest BCUT2D eigenvalue weighted by Gasteiger charge is -2.02. The Labute approximate surface area is 141 Å². The first-order valence-electron chi connectivity index (χ1n) is 7.45. The zero-order valence-electron chi connectivity index (χ0n) is 12.8. The molecule has 7 nitrogen and oxygen atoms in total. The van der Waals surface area contributed by atoms with Crippen LogP contribution in [0.25, 0.3) is 22.1 Å². The number of hydrogen-bond acceptors (Lipinski definition) is 6. The number of amides is 2. The highest BCUT2D eigenvalue weighted by molar-refractivity contribution is 6.09. The first kappa shape index (κ1) is 14.8. The van der Waals surface area contributed by atoms with Gasteiger partial charge in [-0.15, -0.1) is 0 Å². The van der Waals surface area contributed by atoms with E-state index >= 15 is 0 Å². The van der Waals surface area contributed by atoms with E-state index in [2.05, 4.69) is 25.3 Å². The Kier molecular flexibility index (Phi) is 3.59. The molecule has 0 aliphatic carbocycles. The van der Waals surface area contributed by atoms with Crippen LogP contribution < -0.4 is 5.32 Å². The third-order valence-electron chi connectivity index (χ3n) is 3.54. The topological polar surface area (TPSA) is 99.8 Å². The van der Waals surface area contributed by atoms with Gasteiger partial charge in [-0.25, -0.2) is 9.97 Å². The molecule has 0 unspecified atom stereocenters. The van der Waals surface area contributed by atoms with E-state index in [0.29, 0.717) is 22.1 Å². The van der Waals surface area contributed by atoms with Crippen molar-refractivity contribution in [3.05, 3.63) is 72.3 Å². The molecule has 0 bridgehead atoms. The maximum atomic E-state index is 12.2. The maximum absolute atomic E-state index is 12.2. The van der Waals surface area contributed by atoms with Gasteiger partial charge in [0.15, 0.2) is 0 Å². The Bertz CT molecular complexity index is 1040. The summed E-state index contributed by atoms with van der Waals surface area (Å²) in [6.07, 6.45) is 2.60. The van der Waals surface area contributed by atoms with Crippen molar-refractivity contribution >= 4 is 33.9 Å². The molecule has 7 heteroatoms. The highest BCUT2D eigenvalue weighted by Gasteiger charge is 2.18. The van der Waals surface area contributed by atoms with Crippen molar-refractivity contribution in [3.8, 4) is 0 Å². The summed E-state index contributed by atoms with van der Waals surface area (Å²) in [4.78, 5) is 41.0. The molecule has 0 atom stereocenters. The number of fused-ring (bicyclic) bond motifs is 2. The van der Waals surface area contributed by atoms with Gasteiger partial charge < -0.3 is 0 Å². The molecule has 4 rings (SSSR count). The summed E-state index contributed by atoms with van der Waals surface area (Å²) in [7, 11) is 0. The fourth-order valence-electron chi connectivity index (χ4n) is 2.33. The van der Waals surface area contributed by atoms with Gasteiger partial charge in [-0.2, -0.15) is 5.32 Å². The van der Waals surface area contributed by atoms with E-state index in [1.165, 1.54) is 12.4 Å². The number of carbonyl (C=O) groups is 2. The summed E-state index contributed by atoms with van der Waals surface area (Å²) in [6, 6.07) is 14.3. The van der Waals surface area contributed by atoms with Crippen LogP contribution in [0.4, 0.5) is 0 Å². The molecule has 0 fully saturated rings. The molecule has 0 saturated heterocycles. The average molecular weight is 328 g/mol. The van der Waals surface area contributed by atoms with Crippen molar-refractivity contribution in [1.82, 2.24) is 25.3 Å². The lowest BCUT2D eigenvalue weighted by atomic mass is 10.3. The molecule has 0 aliphatic rings.